The average Bonchev–Trinajstić information content (AvgIpc) is 3.10. The molecule has 0 radical (unpaired) electrons. The molecule has 0 saturated heterocycles. The number of carbonyl (C=O) groups is 1. The van der Waals surface area contributed by atoms with E-state index in [1.54, 1.807) is 0 Å². The monoisotopic (exact) mass is 339 g/mol. The van der Waals surface area contributed by atoms with E-state index in [1.165, 1.54) is 16.7 Å². The van der Waals surface area contributed by atoms with Crippen LogP contribution in [0, 0.1) is 6.92 Å². The molecule has 0 N–H and O–H groups in total. The van der Waals surface area contributed by atoms with Gasteiger partial charge < -0.3 is 9.42 Å². The summed E-state index contributed by atoms with van der Waals surface area (Å²) in [7, 11) is 0. The minimum absolute atomic E-state index is 0.142. The Labute approximate surface area is 148 Å². The molecule has 1 amide bonds. The summed E-state index contributed by atoms with van der Waals surface area (Å²) in [6.45, 7) is 7.56. The van der Waals surface area contributed by atoms with Crippen molar-refractivity contribution in [3.8, 4) is 0 Å². The van der Waals surface area contributed by atoms with Crippen LogP contribution in [-0.2, 0) is 11.2 Å². The molecule has 1 aliphatic rings. The fourth-order valence-electron chi connectivity index (χ4n) is 2.90. The van der Waals surface area contributed by atoms with Gasteiger partial charge in [-0.3, -0.25) is 4.79 Å². The van der Waals surface area contributed by atoms with E-state index in [4.69, 9.17) is 4.52 Å². The molecule has 1 aromatic carbocycles. The molecule has 2 aromatic rings. The quantitative estimate of drug-likeness (QED) is 0.832. The number of hydrogen-bond donors (Lipinski definition) is 0. The van der Waals surface area contributed by atoms with E-state index >= 15 is 0 Å². The zero-order valence-corrected chi connectivity index (χ0v) is 15.2. The molecule has 1 aromatic heterocycles. The maximum atomic E-state index is 12.4. The van der Waals surface area contributed by atoms with Crippen LogP contribution in [0.2, 0.25) is 0 Å². The second-order valence-corrected chi connectivity index (χ2v) is 6.89. The fraction of sp³-hybridized carbons (Fsp3) is 0.450. The molecule has 0 aliphatic carbocycles. The van der Waals surface area contributed by atoms with Gasteiger partial charge in [-0.05, 0) is 24.5 Å². The van der Waals surface area contributed by atoms with Crippen LogP contribution in [0.3, 0.4) is 0 Å². The first-order valence-corrected chi connectivity index (χ1v) is 8.89. The Kier molecular flexibility index (Phi) is 5.31. The SMILES string of the molecule is Cc1ccc(C2=CCN(C(=O)CCc3nc(C(C)C)no3)CC2)cc1. The molecule has 2 heterocycles. The summed E-state index contributed by atoms with van der Waals surface area (Å²) in [5.74, 6) is 1.63. The Balaban J connectivity index is 1.53. The molecule has 5 nitrogen and oxygen atoms in total. The van der Waals surface area contributed by atoms with Gasteiger partial charge in [0.2, 0.25) is 11.8 Å². The van der Waals surface area contributed by atoms with Crippen molar-refractivity contribution < 1.29 is 9.32 Å². The second kappa shape index (κ2) is 7.64. The third-order valence-electron chi connectivity index (χ3n) is 4.54. The highest BCUT2D eigenvalue weighted by molar-refractivity contribution is 5.78. The molecule has 0 bridgehead atoms. The number of benzene rings is 1. The van der Waals surface area contributed by atoms with E-state index in [0.29, 0.717) is 31.1 Å². The molecule has 0 atom stereocenters. The molecule has 0 unspecified atom stereocenters. The lowest BCUT2D eigenvalue weighted by Gasteiger charge is -2.26. The van der Waals surface area contributed by atoms with Crippen molar-refractivity contribution in [3.63, 3.8) is 0 Å². The van der Waals surface area contributed by atoms with Crippen LogP contribution in [-0.4, -0.2) is 34.0 Å². The van der Waals surface area contributed by atoms with Crippen LogP contribution in [0.25, 0.3) is 5.57 Å². The van der Waals surface area contributed by atoms with Gasteiger partial charge in [-0.15, -0.1) is 0 Å². The standard InChI is InChI=1S/C20H25N3O2/c1-14(2)20-21-18(25-22-20)8-9-19(24)23-12-10-17(11-13-23)16-6-4-15(3)5-7-16/h4-7,10,14H,8-9,11-13H2,1-3H3. The van der Waals surface area contributed by atoms with Crippen LogP contribution in [0.15, 0.2) is 34.9 Å². The number of aryl methyl sites for hydroxylation is 2. The van der Waals surface area contributed by atoms with Crippen molar-refractivity contribution in [1.82, 2.24) is 15.0 Å². The highest BCUT2D eigenvalue weighted by Gasteiger charge is 2.19. The molecule has 1 aliphatic heterocycles. The van der Waals surface area contributed by atoms with E-state index in [9.17, 15) is 4.79 Å². The summed E-state index contributed by atoms with van der Waals surface area (Å²) in [4.78, 5) is 18.6. The Hall–Kier alpha value is -2.43. The zero-order valence-electron chi connectivity index (χ0n) is 15.2. The van der Waals surface area contributed by atoms with Crippen molar-refractivity contribution in [2.45, 2.75) is 46.0 Å². The minimum atomic E-state index is 0.142. The Bertz CT molecular complexity index is 760. The summed E-state index contributed by atoms with van der Waals surface area (Å²) in [6, 6.07) is 8.56. The molecule has 132 valence electrons. The molecule has 3 rings (SSSR count). The Morgan fingerprint density at radius 3 is 2.64 bits per heavy atom. The van der Waals surface area contributed by atoms with Crippen molar-refractivity contribution in [1.29, 1.82) is 0 Å². The first-order valence-electron chi connectivity index (χ1n) is 8.89. The molecular formula is C20H25N3O2. The third-order valence-corrected chi connectivity index (χ3v) is 4.54. The first kappa shape index (κ1) is 17.4. The van der Waals surface area contributed by atoms with E-state index < -0.39 is 0 Å². The van der Waals surface area contributed by atoms with Crippen molar-refractivity contribution in [3.05, 3.63) is 53.2 Å². The summed E-state index contributed by atoms with van der Waals surface area (Å²) in [5, 5.41) is 3.94. The van der Waals surface area contributed by atoms with Crippen LogP contribution >= 0.6 is 0 Å². The van der Waals surface area contributed by atoms with Gasteiger partial charge in [0.15, 0.2) is 5.82 Å². The van der Waals surface area contributed by atoms with Gasteiger partial charge in [0, 0.05) is 31.8 Å². The normalized spacial score (nSPS) is 14.7. The van der Waals surface area contributed by atoms with Crippen molar-refractivity contribution in [2.75, 3.05) is 13.1 Å². The lowest BCUT2D eigenvalue weighted by atomic mass is 9.98. The largest absolute Gasteiger partial charge is 0.339 e. The molecule has 0 fully saturated rings. The van der Waals surface area contributed by atoms with Gasteiger partial charge in [-0.2, -0.15) is 4.98 Å². The summed E-state index contributed by atoms with van der Waals surface area (Å²) < 4.78 is 5.20. The zero-order chi connectivity index (χ0) is 17.8. The van der Waals surface area contributed by atoms with Gasteiger partial charge in [0.1, 0.15) is 0 Å². The highest BCUT2D eigenvalue weighted by Crippen LogP contribution is 2.23. The Morgan fingerprint density at radius 2 is 2.04 bits per heavy atom. The highest BCUT2D eigenvalue weighted by atomic mass is 16.5. The first-order chi connectivity index (χ1) is 12.0. The van der Waals surface area contributed by atoms with Crippen molar-refractivity contribution >= 4 is 11.5 Å². The lowest BCUT2D eigenvalue weighted by molar-refractivity contribution is -0.130. The summed E-state index contributed by atoms with van der Waals surface area (Å²) in [6.07, 6.45) is 3.97. The third kappa shape index (κ3) is 4.35. The maximum absolute atomic E-state index is 12.4. The second-order valence-electron chi connectivity index (χ2n) is 6.89. The van der Waals surface area contributed by atoms with Crippen LogP contribution in [0.1, 0.15) is 55.4 Å². The van der Waals surface area contributed by atoms with Gasteiger partial charge in [0.25, 0.3) is 0 Å². The molecule has 0 saturated carbocycles. The summed E-state index contributed by atoms with van der Waals surface area (Å²) in [5.41, 5.74) is 3.84. The maximum Gasteiger partial charge on any atom is 0.227 e. The van der Waals surface area contributed by atoms with Gasteiger partial charge in [0.05, 0.1) is 0 Å². The average molecular weight is 339 g/mol. The van der Waals surface area contributed by atoms with E-state index in [1.807, 2.05) is 18.7 Å². The lowest BCUT2D eigenvalue weighted by Crippen LogP contribution is -2.34. The smallest absolute Gasteiger partial charge is 0.227 e. The number of hydrogen-bond acceptors (Lipinski definition) is 4. The minimum Gasteiger partial charge on any atom is -0.339 e. The molecule has 25 heavy (non-hydrogen) atoms. The van der Waals surface area contributed by atoms with Gasteiger partial charge in [-0.25, -0.2) is 0 Å². The predicted molar refractivity (Wildman–Crippen MR) is 97.1 cm³/mol. The predicted octanol–water partition coefficient (Wildman–Crippen LogP) is 3.75. The Morgan fingerprint density at radius 1 is 1.28 bits per heavy atom. The molecule has 0 spiro atoms. The van der Waals surface area contributed by atoms with Gasteiger partial charge in [-0.1, -0.05) is 54.9 Å². The fourth-order valence-corrected chi connectivity index (χ4v) is 2.90. The van der Waals surface area contributed by atoms with E-state index in [2.05, 4.69) is 47.4 Å². The van der Waals surface area contributed by atoms with E-state index in [-0.39, 0.29) is 11.8 Å². The van der Waals surface area contributed by atoms with Crippen molar-refractivity contribution in [2.24, 2.45) is 0 Å². The number of rotatable bonds is 5. The number of carbonyl (C=O) groups excluding carboxylic acids is 1. The molecule has 5 heteroatoms. The summed E-state index contributed by atoms with van der Waals surface area (Å²) >= 11 is 0. The number of aromatic nitrogens is 2. The van der Waals surface area contributed by atoms with Crippen LogP contribution in [0.4, 0.5) is 0 Å². The van der Waals surface area contributed by atoms with E-state index in [0.717, 1.165) is 13.0 Å². The topological polar surface area (TPSA) is 59.2 Å². The van der Waals surface area contributed by atoms with Crippen LogP contribution < -0.4 is 0 Å². The van der Waals surface area contributed by atoms with Crippen LogP contribution in [0.5, 0.6) is 0 Å². The van der Waals surface area contributed by atoms with Gasteiger partial charge >= 0.3 is 0 Å². The molecular weight excluding hydrogens is 314 g/mol. The number of nitrogens with zero attached hydrogens (tertiary/aromatic N) is 3. The number of amides is 1.